The predicted molar refractivity (Wildman–Crippen MR) is 84.2 cm³/mol. The van der Waals surface area contributed by atoms with Crippen molar-refractivity contribution in [3.05, 3.63) is 36.0 Å². The molecule has 0 saturated heterocycles. The Kier molecular flexibility index (Phi) is 12.0. The van der Waals surface area contributed by atoms with Crippen LogP contribution in [0.1, 0.15) is 6.42 Å². The lowest BCUT2D eigenvalue weighted by atomic mass is 9.85. The van der Waals surface area contributed by atoms with Crippen molar-refractivity contribution in [2.24, 2.45) is 16.6 Å². The van der Waals surface area contributed by atoms with Gasteiger partial charge in [0.05, 0.1) is 5.71 Å². The second-order valence-electron chi connectivity index (χ2n) is 3.96. The summed E-state index contributed by atoms with van der Waals surface area (Å²) in [5.74, 6) is -1.55. The minimum absolute atomic E-state index is 0. The molecule has 0 radical (unpaired) electrons. The predicted octanol–water partition coefficient (Wildman–Crippen LogP) is -0.368. The van der Waals surface area contributed by atoms with Crippen molar-refractivity contribution in [2.45, 2.75) is 12.5 Å². The molecular weight excluding hydrogens is 323 g/mol. The number of nitrogens with zero attached hydrogens (tertiary/aromatic N) is 1. The molecule has 1 heterocycles. The first-order chi connectivity index (χ1) is 8.08. The number of rotatable bonds is 3. The third-order valence-electron chi connectivity index (χ3n) is 2.72. The number of aliphatic imine (C=N–C) groups is 1. The number of allylic oxidation sites excluding steroid dienone is 4. The highest BCUT2D eigenvalue weighted by Crippen LogP contribution is 2.26. The maximum absolute atomic E-state index is 11.4. The highest BCUT2D eigenvalue weighted by Gasteiger charge is 2.26. The maximum Gasteiger partial charge on any atom is 0.320 e. The molecule has 2 aliphatic rings. The van der Waals surface area contributed by atoms with Crippen LogP contribution in [0.5, 0.6) is 0 Å². The van der Waals surface area contributed by atoms with E-state index in [9.17, 15) is 9.59 Å². The van der Waals surface area contributed by atoms with Gasteiger partial charge in [-0.15, -0.1) is 24.8 Å². The molecule has 1 aliphatic heterocycles. The number of carbonyl (C=O) groups excluding carboxylic acids is 1. The van der Waals surface area contributed by atoms with Gasteiger partial charge in [-0.2, -0.15) is 0 Å². The largest absolute Gasteiger partial charge is 0.480 e. The van der Waals surface area contributed by atoms with Gasteiger partial charge in [-0.1, -0.05) is 18.2 Å². The lowest BCUT2D eigenvalue weighted by Gasteiger charge is -2.23. The van der Waals surface area contributed by atoms with Gasteiger partial charge < -0.3 is 21.8 Å². The van der Waals surface area contributed by atoms with Crippen LogP contribution in [0.25, 0.3) is 0 Å². The smallest absolute Gasteiger partial charge is 0.320 e. The number of amides is 1. The third-order valence-corrected chi connectivity index (χ3v) is 2.72. The number of carbonyl (C=O) groups is 2. The summed E-state index contributed by atoms with van der Waals surface area (Å²) in [7, 11) is 0. The molecule has 0 spiro atoms. The van der Waals surface area contributed by atoms with E-state index in [0.717, 1.165) is 0 Å². The van der Waals surface area contributed by atoms with Crippen LogP contribution in [0, 0.1) is 5.92 Å². The number of fused-ring (bicyclic) bond motifs is 1. The first kappa shape index (κ1) is 24.5. The van der Waals surface area contributed by atoms with Gasteiger partial charge in [-0.3, -0.25) is 9.59 Å². The summed E-state index contributed by atoms with van der Waals surface area (Å²) in [6, 6.07) is -0.993. The lowest BCUT2D eigenvalue weighted by molar-refractivity contribution is -0.138. The Labute approximate surface area is 133 Å². The van der Waals surface area contributed by atoms with E-state index in [-0.39, 0.29) is 54.0 Å². The van der Waals surface area contributed by atoms with Crippen LogP contribution in [-0.2, 0) is 9.59 Å². The standard InChI is InChI=1S/C12H12N2O3.2ClH.2H2O/c13-9(12(16)17)5-7-6-11(15)14-10-4-2-1-3-8(7)10;;;;/h1-4,6,8-9H,5,13H2,(H,16,17);2*1H;2*1H2. The first-order valence-corrected chi connectivity index (χ1v) is 5.24. The van der Waals surface area contributed by atoms with Crippen LogP contribution in [0.4, 0.5) is 0 Å². The highest BCUT2D eigenvalue weighted by molar-refractivity contribution is 6.12. The van der Waals surface area contributed by atoms with E-state index in [2.05, 4.69) is 4.99 Å². The zero-order valence-corrected chi connectivity index (χ0v) is 12.5. The van der Waals surface area contributed by atoms with Crippen LogP contribution in [-0.4, -0.2) is 39.7 Å². The number of dihydropyridines is 1. The normalized spacial score (nSPS) is 19.3. The van der Waals surface area contributed by atoms with Crippen LogP contribution in [0.2, 0.25) is 0 Å². The van der Waals surface area contributed by atoms with Crippen molar-refractivity contribution in [1.82, 2.24) is 0 Å². The van der Waals surface area contributed by atoms with E-state index in [4.69, 9.17) is 10.8 Å². The molecule has 0 aromatic heterocycles. The van der Waals surface area contributed by atoms with Gasteiger partial charge in [0.1, 0.15) is 6.04 Å². The average molecular weight is 341 g/mol. The quantitative estimate of drug-likeness (QED) is 0.718. The molecule has 1 amide bonds. The number of carboxylic acids is 1. The molecule has 0 aromatic rings. The molecule has 7 nitrogen and oxygen atoms in total. The van der Waals surface area contributed by atoms with Crippen molar-refractivity contribution in [3.63, 3.8) is 0 Å². The SMILES string of the molecule is Cl.Cl.NC(CC1=CC(=O)N=C2C=CC=CC12)C(=O)O.O.O. The minimum Gasteiger partial charge on any atom is -0.480 e. The average Bonchev–Trinajstić information content (AvgIpc) is 2.28. The molecule has 0 saturated carbocycles. The summed E-state index contributed by atoms with van der Waals surface area (Å²) >= 11 is 0. The molecule has 9 heteroatoms. The van der Waals surface area contributed by atoms with Gasteiger partial charge >= 0.3 is 5.97 Å². The zero-order chi connectivity index (χ0) is 12.4. The number of nitrogens with two attached hydrogens (primary N) is 1. The second-order valence-corrected chi connectivity index (χ2v) is 3.96. The Bertz CT molecular complexity index is 500. The van der Waals surface area contributed by atoms with Gasteiger partial charge in [-0.25, -0.2) is 4.99 Å². The number of aliphatic carboxylic acids is 1. The van der Waals surface area contributed by atoms with E-state index in [0.29, 0.717) is 11.3 Å². The van der Waals surface area contributed by atoms with E-state index in [1.165, 1.54) is 6.08 Å². The van der Waals surface area contributed by atoms with E-state index in [1.54, 1.807) is 12.2 Å². The molecule has 0 aromatic carbocycles. The van der Waals surface area contributed by atoms with Gasteiger partial charge in [0.25, 0.3) is 5.91 Å². The first-order valence-electron chi connectivity index (χ1n) is 5.24. The summed E-state index contributed by atoms with van der Waals surface area (Å²) in [5.41, 5.74) is 6.83. The Hall–Kier alpha value is -1.51. The van der Waals surface area contributed by atoms with Gasteiger partial charge in [0, 0.05) is 12.0 Å². The van der Waals surface area contributed by atoms with Gasteiger partial charge in [-0.05, 0) is 18.1 Å². The van der Waals surface area contributed by atoms with E-state index >= 15 is 0 Å². The fraction of sp³-hybridized carbons (Fsp3) is 0.250. The van der Waals surface area contributed by atoms with Crippen molar-refractivity contribution >= 4 is 42.4 Å². The molecule has 0 fully saturated rings. The van der Waals surface area contributed by atoms with Gasteiger partial charge in [0.2, 0.25) is 0 Å². The minimum atomic E-state index is -1.07. The molecule has 2 unspecified atom stereocenters. The molecule has 2 rings (SSSR count). The molecule has 7 N–H and O–H groups in total. The Morgan fingerprint density at radius 3 is 2.52 bits per heavy atom. The zero-order valence-electron chi connectivity index (χ0n) is 10.9. The summed E-state index contributed by atoms with van der Waals surface area (Å²) in [4.78, 5) is 26.0. The van der Waals surface area contributed by atoms with Crippen molar-refractivity contribution in [1.29, 1.82) is 0 Å². The van der Waals surface area contributed by atoms with Crippen LogP contribution in [0.15, 0.2) is 40.9 Å². The fourth-order valence-corrected chi connectivity index (χ4v) is 1.89. The number of halogens is 2. The van der Waals surface area contributed by atoms with Crippen molar-refractivity contribution in [2.75, 3.05) is 0 Å². The third kappa shape index (κ3) is 5.78. The monoisotopic (exact) mass is 340 g/mol. The van der Waals surface area contributed by atoms with E-state index in [1.807, 2.05) is 12.2 Å². The lowest BCUT2D eigenvalue weighted by Crippen LogP contribution is -2.33. The van der Waals surface area contributed by atoms with E-state index < -0.39 is 12.0 Å². The van der Waals surface area contributed by atoms with Crippen LogP contribution in [0.3, 0.4) is 0 Å². The molecule has 21 heavy (non-hydrogen) atoms. The Balaban J connectivity index is -0.000000810. The topological polar surface area (TPSA) is 156 Å². The van der Waals surface area contributed by atoms with Crippen molar-refractivity contribution in [3.8, 4) is 0 Å². The summed E-state index contributed by atoms with van der Waals surface area (Å²) < 4.78 is 0. The van der Waals surface area contributed by atoms with Crippen LogP contribution < -0.4 is 5.73 Å². The summed E-state index contributed by atoms with van der Waals surface area (Å²) in [6.45, 7) is 0. The summed E-state index contributed by atoms with van der Waals surface area (Å²) in [6.07, 6.45) is 8.80. The molecule has 120 valence electrons. The maximum atomic E-state index is 11.4. The molecule has 0 bridgehead atoms. The molecule has 2 atom stereocenters. The van der Waals surface area contributed by atoms with Crippen molar-refractivity contribution < 1.29 is 25.6 Å². The Morgan fingerprint density at radius 2 is 1.95 bits per heavy atom. The summed E-state index contributed by atoms with van der Waals surface area (Å²) in [5, 5.41) is 8.78. The fourth-order valence-electron chi connectivity index (χ4n) is 1.89. The second kappa shape index (κ2) is 10.3. The number of hydrogen-bond donors (Lipinski definition) is 2. The Morgan fingerprint density at radius 1 is 1.33 bits per heavy atom. The van der Waals surface area contributed by atoms with Gasteiger partial charge in [0.15, 0.2) is 0 Å². The highest BCUT2D eigenvalue weighted by atomic mass is 35.5. The molecule has 1 aliphatic carbocycles. The molecular formula is C12H18Cl2N2O5. The number of hydrogen-bond acceptors (Lipinski definition) is 3. The number of carboxylic acid groups (broad SMARTS) is 1. The van der Waals surface area contributed by atoms with Crippen LogP contribution >= 0.6 is 24.8 Å².